The number of rotatable bonds is 5. The molecule has 1 aromatic rings. The molecule has 0 radical (unpaired) electrons. The second-order valence-corrected chi connectivity index (χ2v) is 6.09. The average molecular weight is 250 g/mol. The quantitative estimate of drug-likeness (QED) is 0.871. The summed E-state index contributed by atoms with van der Waals surface area (Å²) in [4.78, 5) is 0. The molecule has 3 nitrogen and oxygen atoms in total. The minimum Gasteiger partial charge on any atom is -0.361 e. The average Bonchev–Trinajstić information content (AvgIpc) is 2.78. The Hall–Kier alpha value is -0.830. The van der Waals surface area contributed by atoms with E-state index in [0.717, 1.165) is 43.3 Å². The van der Waals surface area contributed by atoms with Gasteiger partial charge >= 0.3 is 0 Å². The van der Waals surface area contributed by atoms with Crippen molar-refractivity contribution in [3.8, 4) is 0 Å². The molecule has 1 aliphatic rings. The van der Waals surface area contributed by atoms with Gasteiger partial charge in [-0.25, -0.2) is 0 Å². The molecule has 0 saturated carbocycles. The van der Waals surface area contributed by atoms with E-state index in [2.05, 4.69) is 38.2 Å². The molecule has 3 heteroatoms. The van der Waals surface area contributed by atoms with Crippen LogP contribution in [0.1, 0.15) is 57.6 Å². The molecular weight excluding hydrogens is 224 g/mol. The van der Waals surface area contributed by atoms with Crippen LogP contribution in [-0.4, -0.2) is 11.7 Å². The zero-order valence-corrected chi connectivity index (χ0v) is 12.2. The fraction of sp³-hybridized carbons (Fsp3) is 0.800. The highest BCUT2D eigenvalue weighted by Gasteiger charge is 2.33. The van der Waals surface area contributed by atoms with Gasteiger partial charge in [-0.15, -0.1) is 0 Å². The molecule has 0 saturated heterocycles. The molecule has 0 fully saturated rings. The lowest BCUT2D eigenvalue weighted by atomic mass is 9.69. The van der Waals surface area contributed by atoms with Crippen LogP contribution in [0.4, 0.5) is 0 Å². The van der Waals surface area contributed by atoms with Crippen molar-refractivity contribution < 1.29 is 4.52 Å². The van der Waals surface area contributed by atoms with Crippen LogP contribution in [-0.2, 0) is 19.4 Å². The summed E-state index contributed by atoms with van der Waals surface area (Å²) in [7, 11) is 0. The van der Waals surface area contributed by atoms with Gasteiger partial charge in [-0.1, -0.05) is 39.3 Å². The van der Waals surface area contributed by atoms with Gasteiger partial charge in [-0.2, -0.15) is 0 Å². The Kier molecular flexibility index (Phi) is 4.10. The fourth-order valence-electron chi connectivity index (χ4n) is 2.80. The maximum atomic E-state index is 5.49. The number of aromatic nitrogens is 1. The first-order valence-electron chi connectivity index (χ1n) is 7.25. The van der Waals surface area contributed by atoms with Crippen LogP contribution in [0.15, 0.2) is 4.52 Å². The predicted octanol–water partition coefficient (Wildman–Crippen LogP) is 3.33. The summed E-state index contributed by atoms with van der Waals surface area (Å²) in [5.74, 6) is 1.89. The largest absolute Gasteiger partial charge is 0.361 e. The summed E-state index contributed by atoms with van der Waals surface area (Å²) >= 11 is 0. The fourth-order valence-corrected chi connectivity index (χ4v) is 2.80. The Bertz CT molecular complexity index is 395. The van der Waals surface area contributed by atoms with Gasteiger partial charge < -0.3 is 9.84 Å². The molecule has 102 valence electrons. The van der Waals surface area contributed by atoms with Crippen molar-refractivity contribution in [3.05, 3.63) is 17.0 Å². The van der Waals surface area contributed by atoms with E-state index in [1.807, 2.05) is 0 Å². The van der Waals surface area contributed by atoms with Crippen molar-refractivity contribution in [1.29, 1.82) is 0 Å². The van der Waals surface area contributed by atoms with Crippen LogP contribution in [0.25, 0.3) is 0 Å². The maximum Gasteiger partial charge on any atom is 0.140 e. The molecule has 0 aromatic carbocycles. The van der Waals surface area contributed by atoms with E-state index < -0.39 is 0 Å². The van der Waals surface area contributed by atoms with Gasteiger partial charge in [0.05, 0.1) is 0 Å². The van der Waals surface area contributed by atoms with Crippen molar-refractivity contribution in [2.24, 2.45) is 11.3 Å². The first-order valence-corrected chi connectivity index (χ1v) is 7.25. The Morgan fingerprint density at radius 3 is 2.83 bits per heavy atom. The highest BCUT2D eigenvalue weighted by atomic mass is 16.5. The van der Waals surface area contributed by atoms with Gasteiger partial charge in [0, 0.05) is 18.5 Å². The standard InChI is InChI=1S/C15H26N2O/c1-5-15(3,4)11-7-8-14-12(9-11)13(17-18-14)10-16-6-2/h11,16H,5-10H2,1-4H3. The van der Waals surface area contributed by atoms with Crippen LogP contribution in [0.3, 0.4) is 0 Å². The van der Waals surface area contributed by atoms with Gasteiger partial charge in [0.2, 0.25) is 0 Å². The molecule has 0 bridgehead atoms. The molecular formula is C15H26N2O. The van der Waals surface area contributed by atoms with Gasteiger partial charge in [0.15, 0.2) is 0 Å². The van der Waals surface area contributed by atoms with Crippen molar-refractivity contribution in [2.45, 2.75) is 59.9 Å². The topological polar surface area (TPSA) is 38.1 Å². The number of fused-ring (bicyclic) bond motifs is 1. The van der Waals surface area contributed by atoms with Crippen molar-refractivity contribution in [3.63, 3.8) is 0 Å². The summed E-state index contributed by atoms with van der Waals surface area (Å²) in [5.41, 5.74) is 2.93. The monoisotopic (exact) mass is 250 g/mol. The molecule has 0 amide bonds. The third kappa shape index (κ3) is 2.61. The number of nitrogens with zero attached hydrogens (tertiary/aromatic N) is 1. The molecule has 18 heavy (non-hydrogen) atoms. The highest BCUT2D eigenvalue weighted by molar-refractivity contribution is 5.26. The van der Waals surface area contributed by atoms with Crippen molar-refractivity contribution in [2.75, 3.05) is 6.54 Å². The van der Waals surface area contributed by atoms with Crippen molar-refractivity contribution >= 4 is 0 Å². The molecule has 1 atom stereocenters. The summed E-state index contributed by atoms with van der Waals surface area (Å²) < 4.78 is 5.49. The molecule has 1 aliphatic carbocycles. The van der Waals surface area contributed by atoms with Crippen LogP contribution >= 0.6 is 0 Å². The summed E-state index contributed by atoms with van der Waals surface area (Å²) in [6, 6.07) is 0. The SMILES string of the molecule is CCNCc1noc2c1CC(C(C)(C)CC)CC2. The lowest BCUT2D eigenvalue weighted by Crippen LogP contribution is -2.29. The zero-order chi connectivity index (χ0) is 13.2. The van der Waals surface area contributed by atoms with E-state index in [1.54, 1.807) is 0 Å². The zero-order valence-electron chi connectivity index (χ0n) is 12.2. The van der Waals surface area contributed by atoms with Crippen LogP contribution in [0, 0.1) is 11.3 Å². The van der Waals surface area contributed by atoms with Gasteiger partial charge in [0.25, 0.3) is 0 Å². The molecule has 2 rings (SSSR count). The Balaban J connectivity index is 2.14. The summed E-state index contributed by atoms with van der Waals surface area (Å²) in [6.07, 6.45) is 4.67. The van der Waals surface area contributed by atoms with Crippen LogP contribution < -0.4 is 5.32 Å². The molecule has 1 unspecified atom stereocenters. The van der Waals surface area contributed by atoms with E-state index in [1.165, 1.54) is 18.4 Å². The molecule has 0 aliphatic heterocycles. The minimum atomic E-state index is 0.421. The lowest BCUT2D eigenvalue weighted by Gasteiger charge is -2.35. The maximum absolute atomic E-state index is 5.49. The lowest BCUT2D eigenvalue weighted by molar-refractivity contribution is 0.176. The Morgan fingerprint density at radius 1 is 1.39 bits per heavy atom. The number of hydrogen-bond acceptors (Lipinski definition) is 3. The number of hydrogen-bond donors (Lipinski definition) is 1. The van der Waals surface area contributed by atoms with E-state index in [4.69, 9.17) is 4.52 Å². The van der Waals surface area contributed by atoms with E-state index in [0.29, 0.717) is 5.41 Å². The third-order valence-corrected chi connectivity index (χ3v) is 4.68. The first-order chi connectivity index (χ1) is 8.58. The molecule has 1 N–H and O–H groups in total. The van der Waals surface area contributed by atoms with Crippen LogP contribution in [0.5, 0.6) is 0 Å². The Labute approximate surface area is 110 Å². The van der Waals surface area contributed by atoms with Gasteiger partial charge in [-0.05, 0) is 30.7 Å². The number of nitrogens with one attached hydrogen (secondary N) is 1. The van der Waals surface area contributed by atoms with Gasteiger partial charge in [0.1, 0.15) is 11.5 Å². The minimum absolute atomic E-state index is 0.421. The van der Waals surface area contributed by atoms with Gasteiger partial charge in [-0.3, -0.25) is 0 Å². The second kappa shape index (κ2) is 5.43. The van der Waals surface area contributed by atoms with Crippen LogP contribution in [0.2, 0.25) is 0 Å². The predicted molar refractivity (Wildman–Crippen MR) is 73.5 cm³/mol. The highest BCUT2D eigenvalue weighted by Crippen LogP contribution is 2.40. The second-order valence-electron chi connectivity index (χ2n) is 6.09. The summed E-state index contributed by atoms with van der Waals surface area (Å²) in [6.45, 7) is 11.0. The van der Waals surface area contributed by atoms with E-state index in [-0.39, 0.29) is 0 Å². The summed E-state index contributed by atoms with van der Waals surface area (Å²) in [5, 5.41) is 7.59. The molecule has 1 aromatic heterocycles. The Morgan fingerprint density at radius 2 is 2.17 bits per heavy atom. The third-order valence-electron chi connectivity index (χ3n) is 4.68. The molecule has 1 heterocycles. The van der Waals surface area contributed by atoms with E-state index >= 15 is 0 Å². The first kappa shape index (κ1) is 13.6. The van der Waals surface area contributed by atoms with E-state index in [9.17, 15) is 0 Å². The molecule has 0 spiro atoms. The smallest absolute Gasteiger partial charge is 0.140 e. The number of aryl methyl sites for hydroxylation is 1. The normalized spacial score (nSPS) is 19.9. The van der Waals surface area contributed by atoms with Crippen molar-refractivity contribution in [1.82, 2.24) is 10.5 Å².